The molecule has 0 saturated carbocycles. The molecule has 0 saturated heterocycles. The van der Waals surface area contributed by atoms with E-state index in [1.54, 1.807) is 4.68 Å². The summed E-state index contributed by atoms with van der Waals surface area (Å²) in [6.07, 6.45) is 1.38. The Hall–Kier alpha value is -2.75. The third-order valence-electron chi connectivity index (χ3n) is 3.12. The molecule has 0 unspecified atom stereocenters. The molecule has 20 heavy (non-hydrogen) atoms. The minimum Gasteiger partial charge on any atom is -0.296 e. The molecule has 3 aromatic rings. The summed E-state index contributed by atoms with van der Waals surface area (Å²) in [6.45, 7) is 0. The van der Waals surface area contributed by atoms with E-state index in [9.17, 15) is 4.79 Å². The molecule has 1 heterocycles. The number of para-hydroxylation sites is 1. The summed E-state index contributed by atoms with van der Waals surface area (Å²) in [7, 11) is 0. The Morgan fingerprint density at radius 2 is 1.60 bits per heavy atom. The molecule has 0 atom stereocenters. The number of benzene rings is 2. The van der Waals surface area contributed by atoms with Crippen molar-refractivity contribution < 1.29 is 4.79 Å². The molecule has 4 heteroatoms. The van der Waals surface area contributed by atoms with Gasteiger partial charge in [-0.1, -0.05) is 53.7 Å². The van der Waals surface area contributed by atoms with Gasteiger partial charge in [0.25, 0.3) is 0 Å². The van der Waals surface area contributed by atoms with E-state index in [1.165, 1.54) is 0 Å². The Bertz CT molecular complexity index is 705. The second-order valence-corrected chi connectivity index (χ2v) is 4.45. The summed E-state index contributed by atoms with van der Waals surface area (Å²) in [4.78, 5) is 11.1. The molecule has 0 bridgehead atoms. The number of hydrogen-bond donors (Lipinski definition) is 0. The van der Waals surface area contributed by atoms with E-state index in [-0.39, 0.29) is 0 Å². The van der Waals surface area contributed by atoms with Crippen LogP contribution >= 0.6 is 0 Å². The summed E-state index contributed by atoms with van der Waals surface area (Å²) >= 11 is 0. The monoisotopic (exact) mass is 263 g/mol. The summed E-state index contributed by atoms with van der Waals surface area (Å²) in [5.74, 6) is 0. The number of hydrogen-bond acceptors (Lipinski definition) is 3. The number of rotatable bonds is 4. The van der Waals surface area contributed by atoms with Gasteiger partial charge < -0.3 is 0 Å². The molecule has 0 spiro atoms. The highest BCUT2D eigenvalue weighted by Crippen LogP contribution is 2.15. The van der Waals surface area contributed by atoms with Crippen LogP contribution < -0.4 is 0 Å². The van der Waals surface area contributed by atoms with Crippen LogP contribution in [0.1, 0.15) is 21.7 Å². The van der Waals surface area contributed by atoms with Crippen LogP contribution in [-0.4, -0.2) is 21.3 Å². The number of carbonyl (C=O) groups is 1. The first-order chi connectivity index (χ1) is 9.88. The van der Waals surface area contributed by atoms with Crippen LogP contribution in [-0.2, 0) is 6.42 Å². The number of aldehydes is 1. The molecule has 0 aliphatic rings. The van der Waals surface area contributed by atoms with Crippen molar-refractivity contribution in [2.24, 2.45) is 0 Å². The zero-order chi connectivity index (χ0) is 13.8. The van der Waals surface area contributed by atoms with Crippen molar-refractivity contribution in [3.05, 3.63) is 77.6 Å². The van der Waals surface area contributed by atoms with Gasteiger partial charge >= 0.3 is 0 Å². The lowest BCUT2D eigenvalue weighted by molar-refractivity contribution is 0.111. The lowest BCUT2D eigenvalue weighted by atomic mass is 10.1. The van der Waals surface area contributed by atoms with Crippen molar-refractivity contribution in [1.29, 1.82) is 0 Å². The summed E-state index contributed by atoms with van der Waals surface area (Å²) in [5.41, 5.74) is 3.21. The van der Waals surface area contributed by atoms with E-state index in [0.717, 1.165) is 23.2 Å². The van der Waals surface area contributed by atoms with E-state index in [4.69, 9.17) is 0 Å². The third kappa shape index (κ3) is 2.36. The van der Waals surface area contributed by atoms with Crippen molar-refractivity contribution in [1.82, 2.24) is 15.0 Å². The highest BCUT2D eigenvalue weighted by molar-refractivity contribution is 5.73. The van der Waals surface area contributed by atoms with Gasteiger partial charge in [-0.2, -0.15) is 0 Å². The van der Waals surface area contributed by atoms with Gasteiger partial charge in [0, 0.05) is 6.42 Å². The minimum atomic E-state index is 0.387. The largest absolute Gasteiger partial charge is 0.296 e. The molecule has 0 radical (unpaired) electrons. The summed E-state index contributed by atoms with van der Waals surface area (Å²) in [5, 5.41) is 8.04. The third-order valence-corrected chi connectivity index (χ3v) is 3.12. The maximum Gasteiger partial charge on any atom is 0.172 e. The van der Waals surface area contributed by atoms with Crippen LogP contribution in [0.2, 0.25) is 0 Å². The van der Waals surface area contributed by atoms with Crippen LogP contribution in [0.25, 0.3) is 5.69 Å². The Morgan fingerprint density at radius 3 is 2.25 bits per heavy atom. The zero-order valence-electron chi connectivity index (χ0n) is 10.8. The Kier molecular flexibility index (Phi) is 3.37. The predicted octanol–water partition coefficient (Wildman–Crippen LogP) is 2.67. The summed E-state index contributed by atoms with van der Waals surface area (Å²) in [6, 6.07) is 19.7. The van der Waals surface area contributed by atoms with Crippen molar-refractivity contribution >= 4 is 6.29 Å². The molecular formula is C16H13N3O. The van der Waals surface area contributed by atoms with Crippen LogP contribution in [0, 0.1) is 0 Å². The van der Waals surface area contributed by atoms with Gasteiger partial charge in [0.1, 0.15) is 5.69 Å². The van der Waals surface area contributed by atoms with Gasteiger partial charge in [0.15, 0.2) is 6.29 Å². The molecule has 3 rings (SSSR count). The number of aromatic nitrogens is 3. The average Bonchev–Trinajstić information content (AvgIpc) is 2.92. The minimum absolute atomic E-state index is 0.387. The fourth-order valence-electron chi connectivity index (χ4n) is 2.14. The second kappa shape index (κ2) is 5.48. The lowest BCUT2D eigenvalue weighted by Crippen LogP contribution is -2.04. The molecular weight excluding hydrogens is 250 g/mol. The molecule has 0 aliphatic carbocycles. The Morgan fingerprint density at radius 1 is 0.950 bits per heavy atom. The van der Waals surface area contributed by atoms with Crippen LogP contribution in [0.3, 0.4) is 0 Å². The summed E-state index contributed by atoms with van der Waals surface area (Å²) < 4.78 is 1.72. The number of nitrogens with zero attached hydrogens (tertiary/aromatic N) is 3. The highest BCUT2D eigenvalue weighted by atomic mass is 16.1. The van der Waals surface area contributed by atoms with Gasteiger partial charge in [-0.25, -0.2) is 4.68 Å². The van der Waals surface area contributed by atoms with E-state index >= 15 is 0 Å². The van der Waals surface area contributed by atoms with E-state index in [1.807, 2.05) is 60.7 Å². The van der Waals surface area contributed by atoms with Crippen molar-refractivity contribution in [3.63, 3.8) is 0 Å². The molecule has 98 valence electrons. The normalized spacial score (nSPS) is 10.4. The first kappa shape index (κ1) is 12.3. The molecule has 2 aromatic carbocycles. The smallest absolute Gasteiger partial charge is 0.172 e. The molecule has 0 amide bonds. The van der Waals surface area contributed by atoms with Gasteiger partial charge in [-0.15, -0.1) is 5.10 Å². The SMILES string of the molecule is O=Cc1nnn(-c2ccccc2)c1Cc1ccccc1. The van der Waals surface area contributed by atoms with Crippen LogP contribution in [0.15, 0.2) is 60.7 Å². The molecule has 1 aromatic heterocycles. The average molecular weight is 263 g/mol. The van der Waals surface area contributed by atoms with Gasteiger partial charge in [0.05, 0.1) is 11.4 Å². The first-order valence-electron chi connectivity index (χ1n) is 6.37. The van der Waals surface area contributed by atoms with Gasteiger partial charge in [0.2, 0.25) is 0 Å². The maximum absolute atomic E-state index is 11.1. The molecule has 0 aliphatic heterocycles. The first-order valence-corrected chi connectivity index (χ1v) is 6.37. The van der Waals surface area contributed by atoms with Crippen LogP contribution in [0.4, 0.5) is 0 Å². The fourth-order valence-corrected chi connectivity index (χ4v) is 2.14. The Balaban J connectivity index is 2.05. The quantitative estimate of drug-likeness (QED) is 0.680. The highest BCUT2D eigenvalue weighted by Gasteiger charge is 2.13. The van der Waals surface area contributed by atoms with Crippen LogP contribution in [0.5, 0.6) is 0 Å². The standard InChI is InChI=1S/C16H13N3O/c20-12-15-16(11-13-7-3-1-4-8-13)19(18-17-15)14-9-5-2-6-10-14/h1-10,12H,11H2. The van der Waals surface area contributed by atoms with E-state index < -0.39 is 0 Å². The topological polar surface area (TPSA) is 47.8 Å². The predicted molar refractivity (Wildman–Crippen MR) is 76.0 cm³/mol. The van der Waals surface area contributed by atoms with Crippen molar-refractivity contribution in [2.45, 2.75) is 6.42 Å². The second-order valence-electron chi connectivity index (χ2n) is 4.45. The lowest BCUT2D eigenvalue weighted by Gasteiger charge is -2.06. The van der Waals surface area contributed by atoms with Crippen molar-refractivity contribution in [2.75, 3.05) is 0 Å². The van der Waals surface area contributed by atoms with E-state index in [0.29, 0.717) is 12.1 Å². The maximum atomic E-state index is 11.1. The fraction of sp³-hybridized carbons (Fsp3) is 0.0625. The van der Waals surface area contributed by atoms with Gasteiger partial charge in [-0.05, 0) is 17.7 Å². The van der Waals surface area contributed by atoms with E-state index in [2.05, 4.69) is 10.3 Å². The van der Waals surface area contributed by atoms with Gasteiger partial charge in [-0.3, -0.25) is 4.79 Å². The van der Waals surface area contributed by atoms with Crippen molar-refractivity contribution in [3.8, 4) is 5.69 Å². The molecule has 0 N–H and O–H groups in total. The molecule has 4 nitrogen and oxygen atoms in total. The number of carbonyl (C=O) groups excluding carboxylic acids is 1. The Labute approximate surface area is 116 Å². The molecule has 0 fully saturated rings. The zero-order valence-corrected chi connectivity index (χ0v) is 10.8.